The van der Waals surface area contributed by atoms with Crippen molar-refractivity contribution in [2.45, 2.75) is 51.0 Å². The lowest BCUT2D eigenvalue weighted by Gasteiger charge is -2.28. The summed E-state index contributed by atoms with van der Waals surface area (Å²) in [5, 5.41) is 8.92. The van der Waals surface area contributed by atoms with Crippen LogP contribution in [0.1, 0.15) is 44.1 Å². The molecule has 1 N–H and O–H groups in total. The van der Waals surface area contributed by atoms with Crippen LogP contribution in [0.25, 0.3) is 0 Å². The minimum absolute atomic E-state index is 0.163. The van der Waals surface area contributed by atoms with E-state index in [1.54, 1.807) is 12.1 Å². The van der Waals surface area contributed by atoms with Gasteiger partial charge in [-0.1, -0.05) is 25.0 Å². The molecule has 0 bridgehead atoms. The molecule has 0 atom stereocenters. The Hall–Kier alpha value is -0.930. The number of unbranched alkanes of at least 4 members (excludes halogenated alkanes) is 1. The molecule has 1 fully saturated rings. The summed E-state index contributed by atoms with van der Waals surface area (Å²) in [6, 6.07) is 7.57. The zero-order valence-corrected chi connectivity index (χ0v) is 12.2. The van der Waals surface area contributed by atoms with Crippen molar-refractivity contribution in [2.24, 2.45) is 0 Å². The van der Waals surface area contributed by atoms with E-state index in [-0.39, 0.29) is 12.4 Å². The third-order valence-corrected chi connectivity index (χ3v) is 4.30. The monoisotopic (exact) mass is 279 g/mol. The Labute approximate surface area is 121 Å². The van der Waals surface area contributed by atoms with Crippen LogP contribution in [0.4, 0.5) is 4.39 Å². The first-order valence-electron chi connectivity index (χ1n) is 7.89. The van der Waals surface area contributed by atoms with Crippen LogP contribution < -0.4 is 0 Å². The number of nitrogens with zero attached hydrogens (tertiary/aromatic N) is 1. The van der Waals surface area contributed by atoms with E-state index in [9.17, 15) is 4.39 Å². The van der Waals surface area contributed by atoms with Crippen molar-refractivity contribution in [1.82, 2.24) is 4.90 Å². The fraction of sp³-hybridized carbons (Fsp3) is 0.647. The molecular weight excluding hydrogens is 253 g/mol. The molecule has 0 unspecified atom stereocenters. The van der Waals surface area contributed by atoms with Crippen LogP contribution in [0.2, 0.25) is 0 Å². The third kappa shape index (κ3) is 4.88. The zero-order valence-electron chi connectivity index (χ0n) is 12.2. The molecule has 3 heteroatoms. The van der Waals surface area contributed by atoms with Crippen LogP contribution in [0.3, 0.4) is 0 Å². The molecule has 0 saturated heterocycles. The second kappa shape index (κ2) is 8.38. The van der Waals surface area contributed by atoms with Crippen molar-refractivity contribution in [2.75, 3.05) is 19.7 Å². The molecule has 20 heavy (non-hydrogen) atoms. The zero-order chi connectivity index (χ0) is 14.2. The van der Waals surface area contributed by atoms with Gasteiger partial charge in [-0.3, -0.25) is 0 Å². The highest BCUT2D eigenvalue weighted by Crippen LogP contribution is 2.24. The molecule has 1 aliphatic rings. The topological polar surface area (TPSA) is 23.5 Å². The lowest BCUT2D eigenvalue weighted by molar-refractivity contribution is 0.188. The van der Waals surface area contributed by atoms with E-state index in [0.717, 1.165) is 32.4 Å². The Balaban J connectivity index is 1.84. The van der Waals surface area contributed by atoms with Gasteiger partial charge >= 0.3 is 0 Å². The summed E-state index contributed by atoms with van der Waals surface area (Å²) in [6.07, 6.45) is 8.24. The van der Waals surface area contributed by atoms with Crippen molar-refractivity contribution in [1.29, 1.82) is 0 Å². The Bertz CT molecular complexity index is 373. The average Bonchev–Trinajstić information content (AvgIpc) is 2.98. The van der Waals surface area contributed by atoms with Crippen molar-refractivity contribution in [3.63, 3.8) is 0 Å². The molecule has 2 rings (SSSR count). The van der Waals surface area contributed by atoms with Gasteiger partial charge < -0.3 is 10.0 Å². The second-order valence-electron chi connectivity index (χ2n) is 5.78. The predicted molar refractivity (Wildman–Crippen MR) is 80.3 cm³/mol. The number of hydrogen-bond acceptors (Lipinski definition) is 2. The molecule has 1 aromatic carbocycles. The summed E-state index contributed by atoms with van der Waals surface area (Å²) < 4.78 is 12.9. The van der Waals surface area contributed by atoms with Gasteiger partial charge in [0.1, 0.15) is 5.82 Å². The Morgan fingerprint density at radius 2 is 1.75 bits per heavy atom. The molecule has 0 aliphatic heterocycles. The summed E-state index contributed by atoms with van der Waals surface area (Å²) in [7, 11) is 0. The van der Waals surface area contributed by atoms with Gasteiger partial charge in [-0.25, -0.2) is 4.39 Å². The number of benzene rings is 1. The smallest absolute Gasteiger partial charge is 0.123 e. The van der Waals surface area contributed by atoms with Crippen LogP contribution in [-0.4, -0.2) is 35.7 Å². The van der Waals surface area contributed by atoms with E-state index in [1.165, 1.54) is 31.2 Å². The molecule has 1 saturated carbocycles. The van der Waals surface area contributed by atoms with E-state index in [4.69, 9.17) is 5.11 Å². The van der Waals surface area contributed by atoms with E-state index in [0.29, 0.717) is 6.04 Å². The molecule has 0 heterocycles. The Morgan fingerprint density at radius 3 is 2.40 bits per heavy atom. The van der Waals surface area contributed by atoms with Crippen molar-refractivity contribution >= 4 is 0 Å². The number of aliphatic hydroxyl groups excluding tert-OH is 1. The van der Waals surface area contributed by atoms with Gasteiger partial charge in [0.25, 0.3) is 0 Å². The quantitative estimate of drug-likeness (QED) is 0.737. The van der Waals surface area contributed by atoms with Gasteiger partial charge in [0.15, 0.2) is 0 Å². The molecule has 1 aromatic rings. The normalized spacial score (nSPS) is 16.1. The Kier molecular flexibility index (Phi) is 6.48. The van der Waals surface area contributed by atoms with E-state index >= 15 is 0 Å². The largest absolute Gasteiger partial charge is 0.396 e. The number of aliphatic hydroxyl groups is 1. The predicted octanol–water partition coefficient (Wildman–Crippen LogP) is 3.39. The van der Waals surface area contributed by atoms with Crippen LogP contribution >= 0.6 is 0 Å². The first-order valence-corrected chi connectivity index (χ1v) is 7.89. The lowest BCUT2D eigenvalue weighted by atomic mass is 10.1. The van der Waals surface area contributed by atoms with Gasteiger partial charge in [0, 0.05) is 19.2 Å². The van der Waals surface area contributed by atoms with Crippen molar-refractivity contribution in [3.8, 4) is 0 Å². The summed E-state index contributed by atoms with van der Waals surface area (Å²) in [4.78, 5) is 2.58. The SMILES string of the molecule is OCCCCN(CCc1ccc(F)cc1)C1CCCC1. The maximum absolute atomic E-state index is 12.9. The summed E-state index contributed by atoms with van der Waals surface area (Å²) in [5.41, 5.74) is 1.21. The molecule has 0 spiro atoms. The summed E-state index contributed by atoms with van der Waals surface area (Å²) in [6.45, 7) is 2.41. The highest BCUT2D eigenvalue weighted by atomic mass is 19.1. The third-order valence-electron chi connectivity index (χ3n) is 4.30. The van der Waals surface area contributed by atoms with Gasteiger partial charge in [0.05, 0.1) is 0 Å². The molecule has 0 radical (unpaired) electrons. The van der Waals surface area contributed by atoms with E-state index in [2.05, 4.69) is 4.90 Å². The van der Waals surface area contributed by atoms with Crippen LogP contribution in [0, 0.1) is 5.82 Å². The molecule has 112 valence electrons. The maximum Gasteiger partial charge on any atom is 0.123 e. The average molecular weight is 279 g/mol. The minimum atomic E-state index is -0.163. The summed E-state index contributed by atoms with van der Waals surface area (Å²) in [5.74, 6) is -0.163. The molecule has 0 amide bonds. The van der Waals surface area contributed by atoms with E-state index < -0.39 is 0 Å². The minimum Gasteiger partial charge on any atom is -0.396 e. The first-order chi connectivity index (χ1) is 9.79. The summed E-state index contributed by atoms with van der Waals surface area (Å²) >= 11 is 0. The number of hydrogen-bond donors (Lipinski definition) is 1. The molecular formula is C17H26FNO. The number of rotatable bonds is 8. The lowest BCUT2D eigenvalue weighted by Crippen LogP contribution is -2.36. The molecule has 2 nitrogen and oxygen atoms in total. The van der Waals surface area contributed by atoms with Crippen molar-refractivity contribution < 1.29 is 9.50 Å². The van der Waals surface area contributed by atoms with Crippen LogP contribution in [-0.2, 0) is 6.42 Å². The van der Waals surface area contributed by atoms with Crippen molar-refractivity contribution in [3.05, 3.63) is 35.6 Å². The standard InChI is InChI=1S/C17H26FNO/c18-16-9-7-15(8-10-16)11-13-19(12-3-4-14-20)17-5-1-2-6-17/h7-10,17,20H,1-6,11-14H2. The van der Waals surface area contributed by atoms with Crippen LogP contribution in [0.5, 0.6) is 0 Å². The van der Waals surface area contributed by atoms with Gasteiger partial charge in [-0.05, 0) is 56.3 Å². The maximum atomic E-state index is 12.9. The van der Waals surface area contributed by atoms with Gasteiger partial charge in [0.2, 0.25) is 0 Å². The van der Waals surface area contributed by atoms with E-state index in [1.807, 2.05) is 12.1 Å². The van der Waals surface area contributed by atoms with Gasteiger partial charge in [-0.2, -0.15) is 0 Å². The molecule has 1 aliphatic carbocycles. The fourth-order valence-electron chi connectivity index (χ4n) is 3.10. The fourth-order valence-corrected chi connectivity index (χ4v) is 3.10. The number of halogens is 1. The highest BCUT2D eigenvalue weighted by Gasteiger charge is 2.21. The van der Waals surface area contributed by atoms with Gasteiger partial charge in [-0.15, -0.1) is 0 Å². The molecule has 0 aromatic heterocycles. The van der Waals surface area contributed by atoms with Crippen LogP contribution in [0.15, 0.2) is 24.3 Å². The Morgan fingerprint density at radius 1 is 1.05 bits per heavy atom. The first kappa shape index (κ1) is 15.5. The highest BCUT2D eigenvalue weighted by molar-refractivity contribution is 5.16. The second-order valence-corrected chi connectivity index (χ2v) is 5.78.